The fourth-order valence-corrected chi connectivity index (χ4v) is 3.78. The zero-order valence-electron chi connectivity index (χ0n) is 16.4. The summed E-state index contributed by atoms with van der Waals surface area (Å²) in [5, 5.41) is 3.17. The summed E-state index contributed by atoms with van der Waals surface area (Å²) in [7, 11) is 0. The summed E-state index contributed by atoms with van der Waals surface area (Å²) in [4.78, 5) is 31.3. The summed E-state index contributed by atoms with van der Waals surface area (Å²) in [6, 6.07) is 24.1. The second-order valence-corrected chi connectivity index (χ2v) is 7.60. The zero-order valence-corrected chi connectivity index (χ0v) is 17.2. The summed E-state index contributed by atoms with van der Waals surface area (Å²) in [6.07, 6.45) is 1.69. The van der Waals surface area contributed by atoms with Crippen LogP contribution in [0.1, 0.15) is 5.56 Å². The van der Waals surface area contributed by atoms with E-state index >= 15 is 0 Å². The molecule has 0 saturated heterocycles. The van der Waals surface area contributed by atoms with Gasteiger partial charge >= 0.3 is 0 Å². The monoisotopic (exact) mass is 431 g/mol. The lowest BCUT2D eigenvalue weighted by Gasteiger charge is -2.17. The number of rotatable bonds is 5. The minimum absolute atomic E-state index is 0.0668. The Morgan fingerprint density at radius 3 is 2.29 bits per heavy atom. The lowest BCUT2D eigenvalue weighted by molar-refractivity contribution is -0.114. The van der Waals surface area contributed by atoms with Crippen LogP contribution in [0.2, 0.25) is 0 Å². The molecule has 1 heterocycles. The Morgan fingerprint density at radius 1 is 0.968 bits per heavy atom. The Hall–Kier alpha value is -3.71. The number of anilines is 2. The largest absolute Gasteiger partial charge is 0.325 e. The van der Waals surface area contributed by atoms with Crippen LogP contribution in [0.3, 0.4) is 0 Å². The Bertz CT molecular complexity index is 1150. The van der Waals surface area contributed by atoms with E-state index in [0.29, 0.717) is 16.5 Å². The highest BCUT2D eigenvalue weighted by molar-refractivity contribution is 8.14. The molecule has 0 saturated carbocycles. The predicted molar refractivity (Wildman–Crippen MR) is 123 cm³/mol. The third kappa shape index (κ3) is 5.07. The van der Waals surface area contributed by atoms with Crippen LogP contribution in [-0.2, 0) is 9.59 Å². The number of thioether (sulfide) groups is 1. The number of para-hydroxylation sites is 1. The molecule has 0 aliphatic carbocycles. The molecule has 1 aliphatic rings. The zero-order chi connectivity index (χ0) is 21.6. The van der Waals surface area contributed by atoms with Gasteiger partial charge in [0.25, 0.3) is 5.91 Å². The minimum Gasteiger partial charge on any atom is -0.325 e. The highest BCUT2D eigenvalue weighted by Crippen LogP contribution is 2.29. The first-order chi connectivity index (χ1) is 15.1. The first-order valence-corrected chi connectivity index (χ1v) is 10.5. The number of carbonyl (C=O) groups excluding carboxylic acids is 2. The van der Waals surface area contributed by atoms with Gasteiger partial charge in [-0.25, -0.2) is 9.38 Å². The van der Waals surface area contributed by atoms with Crippen LogP contribution in [-0.4, -0.2) is 22.7 Å². The molecule has 31 heavy (non-hydrogen) atoms. The number of amidine groups is 1. The van der Waals surface area contributed by atoms with Crippen molar-refractivity contribution in [2.45, 2.75) is 0 Å². The van der Waals surface area contributed by atoms with Crippen LogP contribution in [0.4, 0.5) is 15.8 Å². The number of hydrogen-bond donors (Lipinski definition) is 1. The Labute approximate surface area is 183 Å². The molecular weight excluding hydrogens is 413 g/mol. The van der Waals surface area contributed by atoms with Crippen LogP contribution in [0.25, 0.3) is 6.08 Å². The number of nitrogens with one attached hydrogen (secondary N) is 1. The molecule has 0 unspecified atom stereocenters. The average molecular weight is 431 g/mol. The minimum atomic E-state index is -0.399. The maximum absolute atomic E-state index is 13.4. The average Bonchev–Trinajstić information content (AvgIpc) is 3.09. The van der Waals surface area contributed by atoms with E-state index in [1.165, 1.54) is 29.2 Å². The van der Waals surface area contributed by atoms with Crippen molar-refractivity contribution < 1.29 is 14.0 Å². The molecule has 0 spiro atoms. The van der Waals surface area contributed by atoms with Gasteiger partial charge in [0, 0.05) is 5.69 Å². The van der Waals surface area contributed by atoms with Crippen molar-refractivity contribution in [3.63, 3.8) is 0 Å². The van der Waals surface area contributed by atoms with Gasteiger partial charge in [0.1, 0.15) is 11.5 Å². The van der Waals surface area contributed by atoms with Crippen molar-refractivity contribution in [3.8, 4) is 0 Å². The van der Waals surface area contributed by atoms with Crippen LogP contribution in [0.15, 0.2) is 95.6 Å². The summed E-state index contributed by atoms with van der Waals surface area (Å²) >= 11 is 1.15. The Kier molecular flexibility index (Phi) is 6.24. The molecule has 3 aromatic rings. The van der Waals surface area contributed by atoms with Crippen molar-refractivity contribution in [2.75, 3.05) is 16.0 Å². The maximum atomic E-state index is 13.4. The van der Waals surface area contributed by atoms with Crippen molar-refractivity contribution in [3.05, 3.63) is 102 Å². The topological polar surface area (TPSA) is 61.8 Å². The summed E-state index contributed by atoms with van der Waals surface area (Å²) < 4.78 is 13.4. The van der Waals surface area contributed by atoms with E-state index in [2.05, 4.69) is 10.3 Å². The molecule has 1 N–H and O–H groups in total. The van der Waals surface area contributed by atoms with Crippen LogP contribution < -0.4 is 10.2 Å². The molecule has 7 heteroatoms. The van der Waals surface area contributed by atoms with Crippen LogP contribution in [0.5, 0.6) is 0 Å². The second-order valence-electron chi connectivity index (χ2n) is 6.65. The third-order valence-electron chi connectivity index (χ3n) is 4.41. The highest BCUT2D eigenvalue weighted by atomic mass is 32.2. The van der Waals surface area contributed by atoms with E-state index in [0.717, 1.165) is 17.3 Å². The number of nitrogens with zero attached hydrogens (tertiary/aromatic N) is 2. The van der Waals surface area contributed by atoms with Gasteiger partial charge in [-0.1, -0.05) is 60.3 Å². The number of hydrogen-bond acceptors (Lipinski definition) is 4. The molecule has 1 aliphatic heterocycles. The summed E-state index contributed by atoms with van der Waals surface area (Å²) in [5.41, 5.74) is 2.26. The Morgan fingerprint density at radius 2 is 1.61 bits per heavy atom. The van der Waals surface area contributed by atoms with Gasteiger partial charge in [-0.05, 0) is 48.0 Å². The van der Waals surface area contributed by atoms with Crippen LogP contribution in [0, 0.1) is 5.82 Å². The second kappa shape index (κ2) is 9.40. The molecule has 154 valence electrons. The fourth-order valence-electron chi connectivity index (χ4n) is 2.97. The lowest BCUT2D eigenvalue weighted by Crippen LogP contribution is -2.31. The normalized spacial score (nSPS) is 14.6. The van der Waals surface area contributed by atoms with Gasteiger partial charge < -0.3 is 5.32 Å². The molecular formula is C24H18FN3O2S. The number of carbonyl (C=O) groups is 2. The quantitative estimate of drug-likeness (QED) is 0.582. The predicted octanol–water partition coefficient (Wildman–Crippen LogP) is 4.94. The molecule has 0 aromatic heterocycles. The number of aliphatic imine (C=N–C) groups is 1. The van der Waals surface area contributed by atoms with E-state index in [1.807, 2.05) is 48.5 Å². The molecule has 4 rings (SSSR count). The molecule has 5 nitrogen and oxygen atoms in total. The van der Waals surface area contributed by atoms with E-state index in [4.69, 9.17) is 0 Å². The van der Waals surface area contributed by atoms with E-state index in [-0.39, 0.29) is 23.3 Å². The number of amides is 2. The van der Waals surface area contributed by atoms with Gasteiger partial charge in [0.05, 0.1) is 11.4 Å². The molecule has 0 bridgehead atoms. The van der Waals surface area contributed by atoms with E-state index < -0.39 is 5.82 Å². The van der Waals surface area contributed by atoms with Crippen LogP contribution >= 0.6 is 11.8 Å². The molecule has 3 aromatic carbocycles. The first-order valence-electron chi connectivity index (χ1n) is 9.53. The van der Waals surface area contributed by atoms with Crippen molar-refractivity contribution >= 4 is 46.2 Å². The third-order valence-corrected chi connectivity index (χ3v) is 5.35. The van der Waals surface area contributed by atoms with E-state index in [1.54, 1.807) is 18.2 Å². The maximum Gasteiger partial charge on any atom is 0.283 e. The fraction of sp³-hybridized carbons (Fsp3) is 0.0417. The molecule has 0 atom stereocenters. The van der Waals surface area contributed by atoms with Crippen molar-refractivity contribution in [1.82, 2.24) is 0 Å². The van der Waals surface area contributed by atoms with E-state index in [9.17, 15) is 14.0 Å². The number of halogens is 1. The Balaban J connectivity index is 1.56. The molecule has 0 radical (unpaired) electrons. The highest BCUT2D eigenvalue weighted by Gasteiger charge is 2.32. The standard InChI is InChI=1S/C24H18FN3O2S/c25-18-11-13-20(14-12-18)28-23(30)21(15-17-7-3-1-4-8-17)27-24(28)31-16-22(29)26-19-9-5-2-6-10-19/h1-15H,16H2,(H,26,29)/b21-15+. The van der Waals surface area contributed by atoms with Gasteiger partial charge in [0.2, 0.25) is 5.91 Å². The summed E-state index contributed by atoms with van der Waals surface area (Å²) in [5.74, 6) is -0.881. The van der Waals surface area contributed by atoms with Gasteiger partial charge in [-0.2, -0.15) is 0 Å². The molecule has 0 fully saturated rings. The number of benzene rings is 3. The van der Waals surface area contributed by atoms with Gasteiger partial charge in [-0.3, -0.25) is 14.5 Å². The van der Waals surface area contributed by atoms with Crippen molar-refractivity contribution in [2.24, 2.45) is 4.99 Å². The summed E-state index contributed by atoms with van der Waals surface area (Å²) in [6.45, 7) is 0. The van der Waals surface area contributed by atoms with Crippen molar-refractivity contribution in [1.29, 1.82) is 0 Å². The smallest absolute Gasteiger partial charge is 0.283 e. The lowest BCUT2D eigenvalue weighted by atomic mass is 10.2. The molecule has 2 amide bonds. The SMILES string of the molecule is O=C(CSC1=N/C(=C/c2ccccc2)C(=O)N1c1ccc(F)cc1)Nc1ccccc1. The van der Waals surface area contributed by atoms with Gasteiger partial charge in [-0.15, -0.1) is 0 Å². The van der Waals surface area contributed by atoms with Gasteiger partial charge in [0.15, 0.2) is 5.17 Å². The first kappa shape index (κ1) is 20.6.